The molecule has 0 saturated heterocycles. The Labute approximate surface area is 197 Å². The van der Waals surface area contributed by atoms with E-state index in [4.69, 9.17) is 0 Å². The molecule has 0 radical (unpaired) electrons. The van der Waals surface area contributed by atoms with Gasteiger partial charge < -0.3 is 4.57 Å². The van der Waals surface area contributed by atoms with Crippen LogP contribution in [0.5, 0.6) is 0 Å². The van der Waals surface area contributed by atoms with Crippen LogP contribution in [0.4, 0.5) is 0 Å². The molecule has 0 bridgehead atoms. The number of nitrogens with one attached hydrogen (secondary N) is 1. The van der Waals surface area contributed by atoms with Crippen molar-refractivity contribution in [2.45, 2.75) is 24.7 Å². The molecule has 0 unspecified atom stereocenters. The lowest BCUT2D eigenvalue weighted by molar-refractivity contribution is 0.589. The van der Waals surface area contributed by atoms with Crippen LogP contribution in [0.25, 0.3) is 22.2 Å². The minimum Gasteiger partial charge on any atom is -0.316 e. The molecule has 172 valence electrons. The maximum atomic E-state index is 13.9. The Bertz CT molecular complexity index is 1630. The van der Waals surface area contributed by atoms with Gasteiger partial charge in [-0.1, -0.05) is 48.0 Å². The topological polar surface area (TPSA) is 89.8 Å². The van der Waals surface area contributed by atoms with Crippen molar-refractivity contribution in [2.75, 3.05) is 0 Å². The van der Waals surface area contributed by atoms with Gasteiger partial charge in [-0.15, -0.1) is 0 Å². The zero-order valence-corrected chi connectivity index (χ0v) is 19.7. The molecule has 5 rings (SSSR count). The number of fused-ring (bicyclic) bond motifs is 1. The average molecular weight is 473 g/mol. The number of aromatic amines is 1. The number of H-pyrrole nitrogens is 1. The van der Waals surface area contributed by atoms with Gasteiger partial charge in [0.25, 0.3) is 15.6 Å². The molecule has 0 fully saturated rings. The summed E-state index contributed by atoms with van der Waals surface area (Å²) in [5.74, 6) is 0. The lowest BCUT2D eigenvalue weighted by Crippen LogP contribution is -2.23. The van der Waals surface area contributed by atoms with E-state index < -0.39 is 10.0 Å². The van der Waals surface area contributed by atoms with E-state index in [9.17, 15) is 13.2 Å². The van der Waals surface area contributed by atoms with Crippen LogP contribution in [0.2, 0.25) is 0 Å². The molecule has 3 aromatic heterocycles. The smallest absolute Gasteiger partial charge is 0.275 e. The third-order valence-corrected chi connectivity index (χ3v) is 7.78. The lowest BCUT2D eigenvalue weighted by atomic mass is 10.0. The van der Waals surface area contributed by atoms with Crippen LogP contribution in [0, 0.1) is 6.92 Å². The number of rotatable bonds is 6. The Hall–Kier alpha value is -3.91. The minimum absolute atomic E-state index is 0.122. The van der Waals surface area contributed by atoms with Crippen LogP contribution >= 0.6 is 0 Å². The summed E-state index contributed by atoms with van der Waals surface area (Å²) in [6.45, 7) is 1.90. The van der Waals surface area contributed by atoms with Gasteiger partial charge in [-0.05, 0) is 49.1 Å². The second-order valence-corrected chi connectivity index (χ2v) is 10.2. The Kier molecular flexibility index (Phi) is 5.45. The van der Waals surface area contributed by atoms with Gasteiger partial charge in [-0.25, -0.2) is 12.4 Å². The van der Waals surface area contributed by atoms with E-state index in [0.717, 1.165) is 17.5 Å². The molecular weight excluding hydrogens is 448 g/mol. The van der Waals surface area contributed by atoms with Gasteiger partial charge in [0, 0.05) is 30.4 Å². The van der Waals surface area contributed by atoms with Crippen molar-refractivity contribution in [1.82, 2.24) is 18.7 Å². The van der Waals surface area contributed by atoms with Crippen LogP contribution in [-0.4, -0.2) is 27.2 Å². The standard InChI is InChI=1S/C26H24N4O3S/c1-18-8-12-22(13-9-18)34(32,33)30-24(21-15-27-28-16-21)14-23-20(17-29(2)26(31)25(23)30)11-10-19-6-4-3-5-7-19/h3-9,12-17H,10-11H2,1-2H3,(H,27,28). The Balaban J connectivity index is 1.77. The Morgan fingerprint density at radius 2 is 1.74 bits per heavy atom. The molecule has 0 aliphatic carbocycles. The fourth-order valence-electron chi connectivity index (χ4n) is 4.25. The number of aryl methyl sites for hydroxylation is 4. The molecule has 2 aromatic carbocycles. The van der Waals surface area contributed by atoms with E-state index in [0.29, 0.717) is 23.1 Å². The van der Waals surface area contributed by atoms with Crippen molar-refractivity contribution in [3.05, 3.63) is 106 Å². The predicted molar refractivity (Wildman–Crippen MR) is 132 cm³/mol. The fraction of sp³-hybridized carbons (Fsp3) is 0.154. The molecule has 8 heteroatoms. The summed E-state index contributed by atoms with van der Waals surface area (Å²) in [6.07, 6.45) is 6.42. The Morgan fingerprint density at radius 1 is 1.00 bits per heavy atom. The van der Waals surface area contributed by atoms with Crippen molar-refractivity contribution >= 4 is 20.9 Å². The average Bonchev–Trinajstić information content (AvgIpc) is 3.50. The molecule has 5 aromatic rings. The molecule has 0 spiro atoms. The number of pyridine rings is 1. The highest BCUT2D eigenvalue weighted by atomic mass is 32.2. The maximum absolute atomic E-state index is 13.9. The van der Waals surface area contributed by atoms with Gasteiger partial charge in [0.2, 0.25) is 0 Å². The van der Waals surface area contributed by atoms with Gasteiger partial charge in [0.1, 0.15) is 5.52 Å². The number of aromatic nitrogens is 4. The van der Waals surface area contributed by atoms with Crippen molar-refractivity contribution < 1.29 is 8.42 Å². The molecular formula is C26H24N4O3S. The first-order valence-corrected chi connectivity index (χ1v) is 12.4. The molecule has 0 aliphatic heterocycles. The molecule has 0 amide bonds. The SMILES string of the molecule is Cc1ccc(S(=O)(=O)n2c(-c3cn[nH]c3)cc3c(CCc4ccccc4)cn(C)c(=O)c32)cc1. The summed E-state index contributed by atoms with van der Waals surface area (Å²) in [5.41, 5.74) is 3.78. The zero-order valence-electron chi connectivity index (χ0n) is 18.9. The first kappa shape index (κ1) is 21.9. The predicted octanol–water partition coefficient (Wildman–Crippen LogP) is 4.06. The van der Waals surface area contributed by atoms with Crippen LogP contribution in [-0.2, 0) is 29.9 Å². The quantitative estimate of drug-likeness (QED) is 0.404. The molecule has 0 atom stereocenters. The molecule has 7 nitrogen and oxygen atoms in total. The van der Waals surface area contributed by atoms with Crippen LogP contribution in [0.3, 0.4) is 0 Å². The zero-order chi connectivity index (χ0) is 23.9. The maximum Gasteiger partial charge on any atom is 0.275 e. The second kappa shape index (κ2) is 8.46. The highest BCUT2D eigenvalue weighted by molar-refractivity contribution is 7.90. The van der Waals surface area contributed by atoms with Gasteiger partial charge in [0.15, 0.2) is 0 Å². The van der Waals surface area contributed by atoms with Gasteiger partial charge in [-0.3, -0.25) is 9.89 Å². The molecule has 0 saturated carbocycles. The number of hydrogen-bond donors (Lipinski definition) is 1. The van der Waals surface area contributed by atoms with E-state index in [1.165, 1.54) is 14.1 Å². The third-order valence-electron chi connectivity index (χ3n) is 6.06. The van der Waals surface area contributed by atoms with Gasteiger partial charge >= 0.3 is 0 Å². The summed E-state index contributed by atoms with van der Waals surface area (Å²) in [7, 11) is -2.40. The first-order valence-electron chi connectivity index (χ1n) is 11.0. The van der Waals surface area contributed by atoms with E-state index >= 15 is 0 Å². The van der Waals surface area contributed by atoms with Gasteiger partial charge in [0.05, 0.1) is 16.8 Å². The molecule has 1 N–H and O–H groups in total. The lowest BCUT2D eigenvalue weighted by Gasteiger charge is -2.12. The minimum atomic E-state index is -4.06. The number of benzene rings is 2. The number of nitrogens with zero attached hydrogens (tertiary/aromatic N) is 3. The summed E-state index contributed by atoms with van der Waals surface area (Å²) in [5, 5.41) is 7.37. The number of hydrogen-bond acceptors (Lipinski definition) is 4. The summed E-state index contributed by atoms with van der Waals surface area (Å²) in [6, 6.07) is 18.5. The third kappa shape index (κ3) is 3.76. The normalized spacial score (nSPS) is 11.8. The van der Waals surface area contributed by atoms with Crippen LogP contribution in [0.15, 0.2) is 88.9 Å². The molecule has 0 aliphatic rings. The van der Waals surface area contributed by atoms with E-state index in [2.05, 4.69) is 22.3 Å². The van der Waals surface area contributed by atoms with Gasteiger partial charge in [-0.2, -0.15) is 5.10 Å². The molecule has 3 heterocycles. The monoisotopic (exact) mass is 472 g/mol. The second-order valence-electron chi connectivity index (χ2n) is 8.42. The van der Waals surface area contributed by atoms with Crippen molar-refractivity contribution in [1.29, 1.82) is 0 Å². The molecule has 34 heavy (non-hydrogen) atoms. The van der Waals surface area contributed by atoms with E-state index in [1.807, 2.05) is 25.1 Å². The van der Waals surface area contributed by atoms with Crippen molar-refractivity contribution in [3.63, 3.8) is 0 Å². The first-order chi connectivity index (χ1) is 16.4. The Morgan fingerprint density at radius 3 is 2.41 bits per heavy atom. The van der Waals surface area contributed by atoms with Crippen LogP contribution in [0.1, 0.15) is 16.7 Å². The summed E-state index contributed by atoms with van der Waals surface area (Å²) >= 11 is 0. The summed E-state index contributed by atoms with van der Waals surface area (Å²) in [4.78, 5) is 13.5. The van der Waals surface area contributed by atoms with Crippen molar-refractivity contribution in [2.24, 2.45) is 7.05 Å². The largest absolute Gasteiger partial charge is 0.316 e. The fourth-order valence-corrected chi connectivity index (χ4v) is 5.77. The highest BCUT2D eigenvalue weighted by Crippen LogP contribution is 2.32. The van der Waals surface area contributed by atoms with E-state index in [1.54, 1.807) is 56.0 Å². The van der Waals surface area contributed by atoms with E-state index in [-0.39, 0.29) is 16.0 Å². The summed E-state index contributed by atoms with van der Waals surface area (Å²) < 4.78 is 30.4. The van der Waals surface area contributed by atoms with Crippen molar-refractivity contribution in [3.8, 4) is 11.3 Å². The highest BCUT2D eigenvalue weighted by Gasteiger charge is 2.27. The van der Waals surface area contributed by atoms with Crippen LogP contribution < -0.4 is 5.56 Å².